The number of hydrogen-bond acceptors (Lipinski definition) is 4. The molecule has 100 valence electrons. The summed E-state index contributed by atoms with van der Waals surface area (Å²) in [6.45, 7) is 3.88. The quantitative estimate of drug-likeness (QED) is 0.915. The van der Waals surface area contributed by atoms with E-state index in [4.69, 9.17) is 22.1 Å². The van der Waals surface area contributed by atoms with Gasteiger partial charge in [0.15, 0.2) is 0 Å². The van der Waals surface area contributed by atoms with E-state index in [-0.39, 0.29) is 6.10 Å². The minimum Gasteiger partial charge on any atom is -0.473 e. The minimum absolute atomic E-state index is 0.0428. The fraction of sp³-hybridized carbons (Fsp3) is 0.214. The van der Waals surface area contributed by atoms with Gasteiger partial charge in [-0.2, -0.15) is 0 Å². The number of halogens is 1. The predicted molar refractivity (Wildman–Crippen MR) is 80.0 cm³/mol. The topological polar surface area (TPSA) is 48.1 Å². The Morgan fingerprint density at radius 2 is 2.05 bits per heavy atom. The summed E-state index contributed by atoms with van der Waals surface area (Å²) < 4.78 is 5.57. The van der Waals surface area contributed by atoms with E-state index in [1.807, 2.05) is 44.2 Å². The van der Waals surface area contributed by atoms with E-state index < -0.39 is 0 Å². The van der Waals surface area contributed by atoms with Crippen molar-refractivity contribution in [1.29, 1.82) is 0 Å². The van der Waals surface area contributed by atoms with Crippen LogP contribution in [-0.2, 0) is 0 Å². The molecular formula is C14H15ClN2OS. The predicted octanol–water partition coefficient (Wildman–Crippen LogP) is 4.26. The molecule has 2 rings (SSSR count). The van der Waals surface area contributed by atoms with Crippen LogP contribution in [0.25, 0.3) is 0 Å². The van der Waals surface area contributed by atoms with Gasteiger partial charge >= 0.3 is 0 Å². The van der Waals surface area contributed by atoms with Crippen molar-refractivity contribution < 1.29 is 4.74 Å². The lowest BCUT2D eigenvalue weighted by molar-refractivity contribution is 0.232. The van der Waals surface area contributed by atoms with Crippen LogP contribution in [0.3, 0.4) is 0 Å². The molecule has 1 aromatic carbocycles. The highest BCUT2D eigenvalue weighted by Crippen LogP contribution is 2.31. The lowest BCUT2D eigenvalue weighted by Crippen LogP contribution is -2.09. The van der Waals surface area contributed by atoms with Crippen LogP contribution in [0.1, 0.15) is 13.8 Å². The number of hydrogen-bond donors (Lipinski definition) is 1. The van der Waals surface area contributed by atoms with E-state index in [1.54, 1.807) is 6.07 Å². The largest absolute Gasteiger partial charge is 0.473 e. The molecule has 0 aliphatic heterocycles. The van der Waals surface area contributed by atoms with Crippen molar-refractivity contribution in [3.63, 3.8) is 0 Å². The first-order valence-corrected chi connectivity index (χ1v) is 7.10. The van der Waals surface area contributed by atoms with E-state index in [9.17, 15) is 0 Å². The summed E-state index contributed by atoms with van der Waals surface area (Å²) in [5.74, 6) is 0.474. The Morgan fingerprint density at radius 3 is 2.74 bits per heavy atom. The second kappa shape index (κ2) is 6.17. The Hall–Kier alpha value is -1.39. The second-order valence-electron chi connectivity index (χ2n) is 4.27. The van der Waals surface area contributed by atoms with Gasteiger partial charge in [-0.15, -0.1) is 0 Å². The summed E-state index contributed by atoms with van der Waals surface area (Å²) >= 11 is 7.48. The Kier molecular flexibility index (Phi) is 4.56. The molecule has 0 fully saturated rings. The van der Waals surface area contributed by atoms with Crippen molar-refractivity contribution in [2.45, 2.75) is 29.9 Å². The van der Waals surface area contributed by atoms with Gasteiger partial charge in [-0.05, 0) is 44.2 Å². The Balaban J connectivity index is 2.21. The standard InChI is InChI=1S/C14H15ClN2OS/c1-9(2)18-14-12(16)6-7-13(17-14)19-11-5-3-4-10(15)8-11/h3-9H,16H2,1-2H3. The smallest absolute Gasteiger partial charge is 0.238 e. The summed E-state index contributed by atoms with van der Waals surface area (Å²) in [4.78, 5) is 5.44. The SMILES string of the molecule is CC(C)Oc1nc(Sc2cccc(Cl)c2)ccc1N. The van der Waals surface area contributed by atoms with Gasteiger partial charge in [-0.25, -0.2) is 4.98 Å². The number of nitrogens with zero attached hydrogens (tertiary/aromatic N) is 1. The molecule has 0 saturated carbocycles. The molecule has 1 heterocycles. The molecule has 0 radical (unpaired) electrons. The molecule has 0 amide bonds. The van der Waals surface area contributed by atoms with Gasteiger partial charge in [0, 0.05) is 9.92 Å². The van der Waals surface area contributed by atoms with E-state index >= 15 is 0 Å². The maximum absolute atomic E-state index is 5.96. The molecule has 1 aromatic heterocycles. The molecule has 0 atom stereocenters. The molecule has 0 aliphatic carbocycles. The average molecular weight is 295 g/mol. The maximum atomic E-state index is 5.96. The number of rotatable bonds is 4. The summed E-state index contributed by atoms with van der Waals surface area (Å²) in [7, 11) is 0. The highest BCUT2D eigenvalue weighted by molar-refractivity contribution is 7.99. The van der Waals surface area contributed by atoms with Crippen LogP contribution in [0.2, 0.25) is 5.02 Å². The van der Waals surface area contributed by atoms with Gasteiger partial charge < -0.3 is 10.5 Å². The molecule has 0 spiro atoms. The average Bonchev–Trinajstić information content (AvgIpc) is 2.33. The van der Waals surface area contributed by atoms with Crippen LogP contribution < -0.4 is 10.5 Å². The molecule has 0 unspecified atom stereocenters. The number of ether oxygens (including phenoxy) is 1. The van der Waals surface area contributed by atoms with Crippen LogP contribution in [0.5, 0.6) is 5.88 Å². The molecule has 2 N–H and O–H groups in total. The summed E-state index contributed by atoms with van der Waals surface area (Å²) in [6.07, 6.45) is 0.0428. The van der Waals surface area contributed by atoms with Crippen LogP contribution in [-0.4, -0.2) is 11.1 Å². The normalized spacial score (nSPS) is 10.7. The molecular weight excluding hydrogens is 280 g/mol. The third-order valence-electron chi connectivity index (χ3n) is 2.23. The second-order valence-corrected chi connectivity index (χ2v) is 5.80. The maximum Gasteiger partial charge on any atom is 0.238 e. The van der Waals surface area contributed by atoms with Crippen molar-refractivity contribution in [3.05, 3.63) is 41.4 Å². The molecule has 19 heavy (non-hydrogen) atoms. The van der Waals surface area contributed by atoms with Crippen LogP contribution in [0, 0.1) is 0 Å². The summed E-state index contributed by atoms with van der Waals surface area (Å²) in [5, 5.41) is 1.53. The number of nitrogen functional groups attached to an aromatic ring is 1. The van der Waals surface area contributed by atoms with Gasteiger partial charge in [0.2, 0.25) is 5.88 Å². The van der Waals surface area contributed by atoms with Gasteiger partial charge in [-0.1, -0.05) is 29.4 Å². The fourth-order valence-electron chi connectivity index (χ4n) is 1.46. The fourth-order valence-corrected chi connectivity index (χ4v) is 2.55. The van der Waals surface area contributed by atoms with Crippen molar-refractivity contribution in [2.75, 3.05) is 5.73 Å². The third kappa shape index (κ3) is 4.04. The highest BCUT2D eigenvalue weighted by Gasteiger charge is 2.07. The molecule has 0 saturated heterocycles. The zero-order valence-corrected chi connectivity index (χ0v) is 12.3. The number of benzene rings is 1. The zero-order valence-electron chi connectivity index (χ0n) is 10.8. The number of pyridine rings is 1. The van der Waals surface area contributed by atoms with Crippen LogP contribution >= 0.6 is 23.4 Å². The van der Waals surface area contributed by atoms with Crippen LogP contribution in [0.4, 0.5) is 5.69 Å². The number of aromatic nitrogens is 1. The molecule has 5 heteroatoms. The lowest BCUT2D eigenvalue weighted by atomic mass is 10.4. The van der Waals surface area contributed by atoms with Gasteiger partial charge in [0.25, 0.3) is 0 Å². The van der Waals surface area contributed by atoms with E-state index in [0.717, 1.165) is 9.92 Å². The molecule has 3 nitrogen and oxygen atoms in total. The summed E-state index contributed by atoms with van der Waals surface area (Å²) in [5.41, 5.74) is 6.38. The first-order valence-electron chi connectivity index (χ1n) is 5.91. The van der Waals surface area contributed by atoms with Gasteiger partial charge in [0.1, 0.15) is 5.03 Å². The minimum atomic E-state index is 0.0428. The Labute approximate surface area is 122 Å². The van der Waals surface area contributed by atoms with Crippen LogP contribution in [0.15, 0.2) is 46.3 Å². The van der Waals surface area contributed by atoms with Gasteiger partial charge in [0.05, 0.1) is 11.8 Å². The highest BCUT2D eigenvalue weighted by atomic mass is 35.5. The first kappa shape index (κ1) is 14.0. The lowest BCUT2D eigenvalue weighted by Gasteiger charge is -2.12. The van der Waals surface area contributed by atoms with Crippen molar-refractivity contribution in [3.8, 4) is 5.88 Å². The Morgan fingerprint density at radius 1 is 1.26 bits per heavy atom. The number of nitrogens with two attached hydrogens (primary N) is 1. The number of anilines is 1. The van der Waals surface area contributed by atoms with E-state index in [1.165, 1.54) is 11.8 Å². The summed E-state index contributed by atoms with van der Waals surface area (Å²) in [6, 6.07) is 11.3. The van der Waals surface area contributed by atoms with Gasteiger partial charge in [-0.3, -0.25) is 0 Å². The van der Waals surface area contributed by atoms with E-state index in [0.29, 0.717) is 16.6 Å². The molecule has 0 aliphatic rings. The van der Waals surface area contributed by atoms with Crippen molar-refractivity contribution >= 4 is 29.1 Å². The van der Waals surface area contributed by atoms with E-state index in [2.05, 4.69) is 4.98 Å². The first-order chi connectivity index (χ1) is 9.04. The molecule has 2 aromatic rings. The van der Waals surface area contributed by atoms with Crippen molar-refractivity contribution in [2.24, 2.45) is 0 Å². The third-order valence-corrected chi connectivity index (χ3v) is 3.39. The van der Waals surface area contributed by atoms with Crippen molar-refractivity contribution in [1.82, 2.24) is 4.98 Å². The Bertz CT molecular complexity index is 575. The zero-order chi connectivity index (χ0) is 13.8. The monoisotopic (exact) mass is 294 g/mol. The molecule has 0 bridgehead atoms.